The molecule has 1 unspecified atom stereocenters. The van der Waals surface area contributed by atoms with Gasteiger partial charge in [0.25, 0.3) is 0 Å². The molecule has 100 valence electrons. The van der Waals surface area contributed by atoms with E-state index < -0.39 is 17.2 Å². The second-order valence-corrected chi connectivity index (χ2v) is 4.37. The Morgan fingerprint density at radius 2 is 1.63 bits per heavy atom. The van der Waals surface area contributed by atoms with Gasteiger partial charge in [-0.15, -0.1) is 0 Å². The van der Waals surface area contributed by atoms with Crippen molar-refractivity contribution >= 4 is 0 Å². The van der Waals surface area contributed by atoms with Crippen molar-refractivity contribution in [2.24, 2.45) is 0 Å². The van der Waals surface area contributed by atoms with Gasteiger partial charge in [-0.05, 0) is 19.1 Å². The number of benzene rings is 2. The first kappa shape index (κ1) is 13.5. The quantitative estimate of drug-likeness (QED) is 0.922. The molecule has 0 saturated heterocycles. The second kappa shape index (κ2) is 4.97. The molecule has 0 aliphatic heterocycles. The van der Waals surface area contributed by atoms with Crippen molar-refractivity contribution in [3.05, 3.63) is 65.2 Å². The third-order valence-corrected chi connectivity index (χ3v) is 3.11. The Morgan fingerprint density at radius 1 is 1.00 bits per heavy atom. The Morgan fingerprint density at radius 3 is 2.32 bits per heavy atom. The van der Waals surface area contributed by atoms with Crippen molar-refractivity contribution in [2.45, 2.75) is 12.5 Å². The molecule has 19 heavy (non-hydrogen) atoms. The molecule has 4 heteroatoms. The van der Waals surface area contributed by atoms with Crippen LogP contribution in [-0.4, -0.2) is 12.2 Å². The summed E-state index contributed by atoms with van der Waals surface area (Å²) >= 11 is 0. The van der Waals surface area contributed by atoms with Gasteiger partial charge in [0.05, 0.1) is 7.11 Å². The van der Waals surface area contributed by atoms with Crippen LogP contribution in [0.1, 0.15) is 18.1 Å². The van der Waals surface area contributed by atoms with E-state index in [0.717, 1.165) is 6.07 Å². The molecule has 2 rings (SSSR count). The molecule has 2 aromatic carbocycles. The monoisotopic (exact) mass is 264 g/mol. The zero-order valence-electron chi connectivity index (χ0n) is 10.7. The van der Waals surface area contributed by atoms with E-state index in [1.165, 1.54) is 26.2 Å². The van der Waals surface area contributed by atoms with E-state index >= 15 is 0 Å². The molecule has 1 atom stereocenters. The van der Waals surface area contributed by atoms with Crippen molar-refractivity contribution in [2.75, 3.05) is 7.11 Å². The number of hydrogen-bond donors (Lipinski definition) is 1. The predicted octanol–water partition coefficient (Wildman–Crippen LogP) is 3.23. The Kier molecular flexibility index (Phi) is 3.53. The first-order valence-electron chi connectivity index (χ1n) is 5.79. The molecular weight excluding hydrogens is 250 g/mol. The highest BCUT2D eigenvalue weighted by atomic mass is 19.2. The number of aliphatic hydroxyl groups is 1. The molecule has 2 aromatic rings. The van der Waals surface area contributed by atoms with Crippen molar-refractivity contribution in [1.29, 1.82) is 0 Å². The summed E-state index contributed by atoms with van der Waals surface area (Å²) in [5.74, 6) is -1.64. The molecule has 2 nitrogen and oxygen atoms in total. The van der Waals surface area contributed by atoms with E-state index in [2.05, 4.69) is 0 Å². The van der Waals surface area contributed by atoms with E-state index in [0.29, 0.717) is 11.3 Å². The van der Waals surface area contributed by atoms with Crippen molar-refractivity contribution in [1.82, 2.24) is 0 Å². The van der Waals surface area contributed by atoms with Crippen LogP contribution in [0.3, 0.4) is 0 Å². The average Bonchev–Trinajstić information content (AvgIpc) is 2.41. The minimum atomic E-state index is -1.68. The van der Waals surface area contributed by atoms with Crippen LogP contribution in [0.5, 0.6) is 5.75 Å². The van der Waals surface area contributed by atoms with Gasteiger partial charge >= 0.3 is 0 Å². The molecule has 0 aromatic heterocycles. The Balaban J connectivity index is 2.62. The van der Waals surface area contributed by atoms with Crippen LogP contribution < -0.4 is 4.74 Å². The zero-order chi connectivity index (χ0) is 14.0. The van der Waals surface area contributed by atoms with Gasteiger partial charge < -0.3 is 9.84 Å². The number of ether oxygens (including phenoxy) is 1. The van der Waals surface area contributed by atoms with Gasteiger partial charge in [0.1, 0.15) is 11.4 Å². The molecule has 0 spiro atoms. The SMILES string of the molecule is COc1ccccc1C(C)(O)c1cccc(F)c1F. The lowest BCUT2D eigenvalue weighted by molar-refractivity contribution is 0.0939. The summed E-state index contributed by atoms with van der Waals surface area (Å²) in [4.78, 5) is 0. The van der Waals surface area contributed by atoms with Crippen LogP contribution in [0.4, 0.5) is 8.78 Å². The highest BCUT2D eigenvalue weighted by Crippen LogP contribution is 2.36. The number of para-hydroxylation sites is 1. The Bertz CT molecular complexity index is 594. The molecule has 0 fully saturated rings. The van der Waals surface area contributed by atoms with E-state index in [4.69, 9.17) is 4.74 Å². The van der Waals surface area contributed by atoms with Gasteiger partial charge in [-0.1, -0.05) is 30.3 Å². The lowest BCUT2D eigenvalue weighted by atomic mass is 9.87. The van der Waals surface area contributed by atoms with E-state index in [9.17, 15) is 13.9 Å². The van der Waals surface area contributed by atoms with Crippen LogP contribution in [0.15, 0.2) is 42.5 Å². The van der Waals surface area contributed by atoms with Gasteiger partial charge in [0.15, 0.2) is 11.6 Å². The third kappa shape index (κ3) is 2.31. The normalized spacial score (nSPS) is 13.9. The second-order valence-electron chi connectivity index (χ2n) is 4.37. The smallest absolute Gasteiger partial charge is 0.165 e. The maximum Gasteiger partial charge on any atom is 0.165 e. The lowest BCUT2D eigenvalue weighted by Gasteiger charge is -2.26. The molecular formula is C15H14F2O2. The van der Waals surface area contributed by atoms with E-state index in [-0.39, 0.29) is 5.56 Å². The summed E-state index contributed by atoms with van der Waals surface area (Å²) in [6.07, 6.45) is 0. The molecule has 0 saturated carbocycles. The van der Waals surface area contributed by atoms with Crippen LogP contribution >= 0.6 is 0 Å². The van der Waals surface area contributed by atoms with Crippen LogP contribution in [-0.2, 0) is 5.60 Å². The lowest BCUT2D eigenvalue weighted by Crippen LogP contribution is -2.25. The first-order chi connectivity index (χ1) is 8.98. The average molecular weight is 264 g/mol. The first-order valence-corrected chi connectivity index (χ1v) is 5.79. The highest BCUT2D eigenvalue weighted by molar-refractivity contribution is 5.44. The summed E-state index contributed by atoms with van der Waals surface area (Å²) in [6, 6.07) is 10.4. The van der Waals surface area contributed by atoms with E-state index in [1.807, 2.05) is 0 Å². The van der Waals surface area contributed by atoms with Gasteiger partial charge in [-0.3, -0.25) is 0 Å². The molecule has 0 aliphatic rings. The number of methoxy groups -OCH3 is 1. The summed E-state index contributed by atoms with van der Waals surface area (Å²) in [5, 5.41) is 10.6. The fourth-order valence-electron chi connectivity index (χ4n) is 2.07. The van der Waals surface area contributed by atoms with Gasteiger partial charge in [-0.25, -0.2) is 8.78 Å². The Hall–Kier alpha value is -1.94. The van der Waals surface area contributed by atoms with Gasteiger partial charge in [-0.2, -0.15) is 0 Å². The largest absolute Gasteiger partial charge is 0.496 e. The maximum atomic E-state index is 13.8. The standard InChI is InChI=1S/C15H14F2O2/c1-15(18,10-6-3-4-9-13(10)19-2)11-7-5-8-12(16)14(11)17/h3-9,18H,1-2H3. The number of hydrogen-bond acceptors (Lipinski definition) is 2. The fraction of sp³-hybridized carbons (Fsp3) is 0.200. The van der Waals surface area contributed by atoms with Gasteiger partial charge in [0, 0.05) is 11.1 Å². The van der Waals surface area contributed by atoms with Crippen molar-refractivity contribution in [3.63, 3.8) is 0 Å². The summed E-state index contributed by atoms with van der Waals surface area (Å²) in [5.41, 5.74) is -1.43. The number of halogens is 2. The molecule has 1 N–H and O–H groups in total. The van der Waals surface area contributed by atoms with E-state index in [1.54, 1.807) is 24.3 Å². The summed E-state index contributed by atoms with van der Waals surface area (Å²) < 4.78 is 32.3. The maximum absolute atomic E-state index is 13.8. The summed E-state index contributed by atoms with van der Waals surface area (Å²) in [7, 11) is 1.46. The number of rotatable bonds is 3. The van der Waals surface area contributed by atoms with Crippen LogP contribution in [0, 0.1) is 11.6 Å². The molecule has 0 amide bonds. The fourth-order valence-corrected chi connectivity index (χ4v) is 2.07. The van der Waals surface area contributed by atoms with Crippen LogP contribution in [0.25, 0.3) is 0 Å². The minimum Gasteiger partial charge on any atom is -0.496 e. The third-order valence-electron chi connectivity index (χ3n) is 3.11. The molecule has 0 aliphatic carbocycles. The van der Waals surface area contributed by atoms with Crippen molar-refractivity contribution < 1.29 is 18.6 Å². The Labute approximate surface area is 110 Å². The van der Waals surface area contributed by atoms with Crippen molar-refractivity contribution in [3.8, 4) is 5.75 Å². The zero-order valence-corrected chi connectivity index (χ0v) is 10.7. The molecule has 0 radical (unpaired) electrons. The predicted molar refractivity (Wildman–Crippen MR) is 68.0 cm³/mol. The summed E-state index contributed by atoms with van der Waals surface area (Å²) in [6.45, 7) is 1.41. The van der Waals surface area contributed by atoms with Crippen LogP contribution in [0.2, 0.25) is 0 Å². The minimum absolute atomic E-state index is 0.128. The highest BCUT2D eigenvalue weighted by Gasteiger charge is 2.32. The van der Waals surface area contributed by atoms with Gasteiger partial charge in [0.2, 0.25) is 0 Å². The molecule has 0 bridgehead atoms. The topological polar surface area (TPSA) is 29.5 Å². The molecule has 0 heterocycles.